The van der Waals surface area contributed by atoms with Crippen molar-refractivity contribution in [3.05, 3.63) is 53.8 Å². The van der Waals surface area contributed by atoms with Gasteiger partial charge in [-0.1, -0.05) is 12.1 Å². The lowest BCUT2D eigenvalue weighted by Crippen LogP contribution is -2.29. The van der Waals surface area contributed by atoms with Crippen molar-refractivity contribution in [3.63, 3.8) is 0 Å². The number of nitrogens with one attached hydrogen (secondary N) is 1. The first-order chi connectivity index (χ1) is 12.4. The molecule has 2 aromatic carbocycles. The molecule has 5 nitrogen and oxygen atoms in total. The van der Waals surface area contributed by atoms with Crippen molar-refractivity contribution in [2.45, 2.75) is 6.42 Å². The van der Waals surface area contributed by atoms with Gasteiger partial charge in [-0.25, -0.2) is 13.2 Å². The highest BCUT2D eigenvalue weighted by Crippen LogP contribution is 2.31. The van der Waals surface area contributed by atoms with Crippen LogP contribution in [0.4, 0.5) is 24.5 Å². The van der Waals surface area contributed by atoms with Crippen LogP contribution in [0.3, 0.4) is 0 Å². The summed E-state index contributed by atoms with van der Waals surface area (Å²) in [6.45, 7) is -0.137. The van der Waals surface area contributed by atoms with Gasteiger partial charge >= 0.3 is 0 Å². The molecule has 8 heteroatoms. The van der Waals surface area contributed by atoms with E-state index in [0.717, 1.165) is 17.0 Å². The lowest BCUT2D eigenvalue weighted by Gasteiger charge is -2.18. The lowest BCUT2D eigenvalue weighted by molar-refractivity contribution is -0.122. The minimum Gasteiger partial charge on any atom is -0.495 e. The molecule has 0 aliphatic carbocycles. The summed E-state index contributed by atoms with van der Waals surface area (Å²) in [6.07, 6.45) is -0.167. The van der Waals surface area contributed by atoms with E-state index in [0.29, 0.717) is 11.4 Å². The molecule has 2 aromatic rings. The van der Waals surface area contributed by atoms with Crippen molar-refractivity contribution in [2.75, 3.05) is 23.9 Å². The van der Waals surface area contributed by atoms with Gasteiger partial charge in [0.15, 0.2) is 17.5 Å². The first-order valence-electron chi connectivity index (χ1n) is 7.80. The summed E-state index contributed by atoms with van der Waals surface area (Å²) >= 11 is 0. The number of carbonyl (C=O) groups excluding carboxylic acids is 2. The summed E-state index contributed by atoms with van der Waals surface area (Å²) in [7, 11) is 1.46. The van der Waals surface area contributed by atoms with Gasteiger partial charge in [-0.15, -0.1) is 0 Å². The van der Waals surface area contributed by atoms with E-state index in [1.807, 2.05) is 0 Å². The van der Waals surface area contributed by atoms with Crippen LogP contribution in [0, 0.1) is 23.4 Å². The number of benzene rings is 2. The summed E-state index contributed by atoms with van der Waals surface area (Å²) in [5.74, 6) is -5.76. The first kappa shape index (κ1) is 17.8. The fraction of sp³-hybridized carbons (Fsp3) is 0.222. The monoisotopic (exact) mass is 364 g/mol. The second kappa shape index (κ2) is 7.07. The Hall–Kier alpha value is -3.03. The third-order valence-electron chi connectivity index (χ3n) is 4.17. The Morgan fingerprint density at radius 1 is 1.15 bits per heavy atom. The van der Waals surface area contributed by atoms with Gasteiger partial charge in [0.2, 0.25) is 11.8 Å². The van der Waals surface area contributed by atoms with Crippen LogP contribution in [-0.2, 0) is 9.59 Å². The summed E-state index contributed by atoms with van der Waals surface area (Å²) in [5, 5.41) is 2.66. The van der Waals surface area contributed by atoms with Crippen molar-refractivity contribution in [1.82, 2.24) is 0 Å². The number of halogens is 3. The Labute approximate surface area is 147 Å². The number of methoxy groups -OCH3 is 1. The maximum absolute atomic E-state index is 13.9. The SMILES string of the molecule is COc1ccccc1NC(=O)C1CC(=O)N(c2ccc(F)c(F)c2F)C1. The lowest BCUT2D eigenvalue weighted by atomic mass is 10.1. The summed E-state index contributed by atoms with van der Waals surface area (Å²) < 4.78 is 45.6. The number of carbonyl (C=O) groups is 2. The van der Waals surface area contributed by atoms with Crippen LogP contribution in [-0.4, -0.2) is 25.5 Å². The van der Waals surface area contributed by atoms with Crippen LogP contribution in [0.25, 0.3) is 0 Å². The van der Waals surface area contributed by atoms with E-state index in [1.165, 1.54) is 7.11 Å². The highest BCUT2D eigenvalue weighted by molar-refractivity contribution is 6.04. The number of rotatable bonds is 4. The zero-order valence-electron chi connectivity index (χ0n) is 13.8. The van der Waals surface area contributed by atoms with Crippen LogP contribution in [0.5, 0.6) is 5.75 Å². The molecule has 1 N–H and O–H groups in total. The zero-order valence-corrected chi connectivity index (χ0v) is 13.8. The Morgan fingerprint density at radius 2 is 1.88 bits per heavy atom. The number of ether oxygens (including phenoxy) is 1. The highest BCUT2D eigenvalue weighted by atomic mass is 19.2. The molecular weight excluding hydrogens is 349 g/mol. The third kappa shape index (κ3) is 3.22. The molecular formula is C18H15F3N2O3. The van der Waals surface area contributed by atoms with Crippen LogP contribution >= 0.6 is 0 Å². The Morgan fingerprint density at radius 3 is 2.62 bits per heavy atom. The van der Waals surface area contributed by atoms with Gasteiger partial charge in [0.1, 0.15) is 5.75 Å². The topological polar surface area (TPSA) is 58.6 Å². The van der Waals surface area contributed by atoms with Gasteiger partial charge in [0.25, 0.3) is 0 Å². The van der Waals surface area contributed by atoms with Crippen LogP contribution in [0.2, 0.25) is 0 Å². The minimum absolute atomic E-state index is 0.137. The molecule has 2 amide bonds. The number of amides is 2. The molecule has 3 rings (SSSR count). The molecule has 0 saturated carbocycles. The third-order valence-corrected chi connectivity index (χ3v) is 4.17. The largest absolute Gasteiger partial charge is 0.495 e. The molecule has 1 aliphatic heterocycles. The number of nitrogens with zero attached hydrogens (tertiary/aromatic N) is 1. The van der Waals surface area contributed by atoms with Gasteiger partial charge in [-0.05, 0) is 24.3 Å². The van der Waals surface area contributed by atoms with Crippen LogP contribution < -0.4 is 15.0 Å². The molecule has 0 radical (unpaired) electrons. The number of anilines is 2. The van der Waals surface area contributed by atoms with Gasteiger partial charge in [0, 0.05) is 13.0 Å². The maximum Gasteiger partial charge on any atom is 0.229 e. The van der Waals surface area contributed by atoms with E-state index in [4.69, 9.17) is 4.74 Å². The molecule has 26 heavy (non-hydrogen) atoms. The van der Waals surface area contributed by atoms with Crippen LogP contribution in [0.15, 0.2) is 36.4 Å². The Bertz CT molecular complexity index is 873. The van der Waals surface area contributed by atoms with Crippen LogP contribution in [0.1, 0.15) is 6.42 Å². The van der Waals surface area contributed by atoms with Crippen molar-refractivity contribution in [2.24, 2.45) is 5.92 Å². The van der Waals surface area contributed by atoms with Crippen molar-refractivity contribution >= 4 is 23.2 Å². The standard InChI is InChI=1S/C18H15F3N2O3/c1-26-14-5-3-2-4-12(14)22-18(25)10-8-15(24)23(9-10)13-7-6-11(19)16(20)17(13)21/h2-7,10H,8-9H2,1H3,(H,22,25). The molecule has 1 heterocycles. The second-order valence-electron chi connectivity index (χ2n) is 5.79. The van der Waals surface area contributed by atoms with E-state index < -0.39 is 35.2 Å². The van der Waals surface area contributed by atoms with E-state index in [1.54, 1.807) is 24.3 Å². The quantitative estimate of drug-likeness (QED) is 0.849. The molecule has 0 bridgehead atoms. The average Bonchev–Trinajstić information content (AvgIpc) is 3.02. The molecule has 1 aliphatic rings. The van der Waals surface area contributed by atoms with Gasteiger partial charge in [0.05, 0.1) is 24.4 Å². The molecule has 1 atom stereocenters. The summed E-state index contributed by atoms with van der Waals surface area (Å²) in [6, 6.07) is 8.47. The minimum atomic E-state index is -1.66. The number of para-hydroxylation sites is 2. The van der Waals surface area contributed by atoms with Crippen molar-refractivity contribution < 1.29 is 27.5 Å². The molecule has 0 aromatic heterocycles. The van der Waals surface area contributed by atoms with Crippen molar-refractivity contribution in [1.29, 1.82) is 0 Å². The maximum atomic E-state index is 13.9. The number of hydrogen-bond acceptors (Lipinski definition) is 3. The zero-order chi connectivity index (χ0) is 18.8. The smallest absolute Gasteiger partial charge is 0.229 e. The first-order valence-corrected chi connectivity index (χ1v) is 7.80. The van der Waals surface area contributed by atoms with E-state index in [-0.39, 0.29) is 18.7 Å². The van der Waals surface area contributed by atoms with Gasteiger partial charge in [-0.3, -0.25) is 9.59 Å². The van der Waals surface area contributed by atoms with E-state index in [2.05, 4.69) is 5.32 Å². The molecule has 1 unspecified atom stereocenters. The average molecular weight is 364 g/mol. The van der Waals surface area contributed by atoms with Crippen molar-refractivity contribution in [3.8, 4) is 5.75 Å². The Kier molecular flexibility index (Phi) is 4.83. The normalized spacial score (nSPS) is 16.7. The molecule has 0 spiro atoms. The summed E-state index contributed by atoms with van der Waals surface area (Å²) in [4.78, 5) is 25.5. The highest BCUT2D eigenvalue weighted by Gasteiger charge is 2.37. The predicted molar refractivity (Wildman–Crippen MR) is 88.4 cm³/mol. The van der Waals surface area contributed by atoms with E-state index >= 15 is 0 Å². The Balaban J connectivity index is 1.77. The van der Waals surface area contributed by atoms with Gasteiger partial charge < -0.3 is 15.0 Å². The van der Waals surface area contributed by atoms with Gasteiger partial charge in [-0.2, -0.15) is 0 Å². The second-order valence-corrected chi connectivity index (χ2v) is 5.79. The molecule has 1 fully saturated rings. The number of hydrogen-bond donors (Lipinski definition) is 1. The van der Waals surface area contributed by atoms with E-state index in [9.17, 15) is 22.8 Å². The molecule has 1 saturated heterocycles. The summed E-state index contributed by atoms with van der Waals surface area (Å²) in [5.41, 5.74) is 0.0476. The fourth-order valence-corrected chi connectivity index (χ4v) is 2.82. The molecule has 136 valence electrons. The fourth-order valence-electron chi connectivity index (χ4n) is 2.82. The predicted octanol–water partition coefficient (Wildman–Crippen LogP) is 3.10.